The number of Topliss-reactive ketones (excluding diaryl/α,β-unsaturated/α-hetero) is 1. The van der Waals surface area contributed by atoms with Gasteiger partial charge >= 0.3 is 0 Å². The molecule has 0 spiro atoms. The largest absolute Gasteiger partial charge is 0.379 e. The molecule has 0 bridgehead atoms. The SMILES string of the molecule is O=C1CC=Nc2c1ccnc2-c1cnn(CCN2CCOCC2)c1. The third-order valence-electron chi connectivity index (χ3n) is 4.38. The molecule has 7 heteroatoms. The fourth-order valence-electron chi connectivity index (χ4n) is 3.03. The van der Waals surface area contributed by atoms with E-state index in [1.54, 1.807) is 24.7 Å². The molecule has 0 N–H and O–H groups in total. The van der Waals surface area contributed by atoms with Crippen LogP contribution in [0.25, 0.3) is 11.3 Å². The van der Waals surface area contributed by atoms with Crippen molar-refractivity contribution in [2.75, 3.05) is 32.8 Å². The van der Waals surface area contributed by atoms with Crippen LogP contribution in [-0.2, 0) is 11.3 Å². The Morgan fingerprint density at radius 2 is 2.08 bits per heavy atom. The highest BCUT2D eigenvalue weighted by atomic mass is 16.5. The van der Waals surface area contributed by atoms with E-state index >= 15 is 0 Å². The van der Waals surface area contributed by atoms with Gasteiger partial charge < -0.3 is 4.74 Å². The molecule has 0 aliphatic carbocycles. The van der Waals surface area contributed by atoms with Crippen LogP contribution in [-0.4, -0.2) is 64.5 Å². The first kappa shape index (κ1) is 15.2. The summed E-state index contributed by atoms with van der Waals surface area (Å²) < 4.78 is 7.28. The number of carbonyl (C=O) groups is 1. The molecule has 2 aromatic heterocycles. The molecule has 1 saturated heterocycles. The van der Waals surface area contributed by atoms with Gasteiger partial charge in [0.2, 0.25) is 0 Å². The molecule has 2 aromatic rings. The summed E-state index contributed by atoms with van der Waals surface area (Å²) in [5.41, 5.74) is 2.90. The van der Waals surface area contributed by atoms with Crippen molar-refractivity contribution in [1.29, 1.82) is 0 Å². The Labute approximate surface area is 140 Å². The van der Waals surface area contributed by atoms with E-state index < -0.39 is 0 Å². The van der Waals surface area contributed by atoms with Crippen molar-refractivity contribution in [2.45, 2.75) is 13.0 Å². The molecule has 24 heavy (non-hydrogen) atoms. The maximum Gasteiger partial charge on any atom is 0.170 e. The van der Waals surface area contributed by atoms with E-state index in [0.29, 0.717) is 17.7 Å². The molecule has 4 heterocycles. The topological polar surface area (TPSA) is 72.6 Å². The standard InChI is InChI=1S/C17H19N5O2/c23-15-2-4-19-17-14(15)1-3-18-16(17)13-11-20-22(12-13)6-5-21-7-9-24-10-8-21/h1,3-4,11-12H,2,5-10H2. The van der Waals surface area contributed by atoms with Gasteiger partial charge in [0.25, 0.3) is 0 Å². The third kappa shape index (κ3) is 3.00. The molecular formula is C17H19N5O2. The highest BCUT2D eigenvalue weighted by molar-refractivity contribution is 6.11. The summed E-state index contributed by atoms with van der Waals surface area (Å²) in [4.78, 5) is 23.2. The van der Waals surface area contributed by atoms with Crippen LogP contribution in [0.4, 0.5) is 5.69 Å². The van der Waals surface area contributed by atoms with Crippen molar-refractivity contribution < 1.29 is 9.53 Å². The number of hydrogen-bond donors (Lipinski definition) is 0. The lowest BCUT2D eigenvalue weighted by Crippen LogP contribution is -2.38. The van der Waals surface area contributed by atoms with Crippen molar-refractivity contribution in [3.8, 4) is 11.3 Å². The lowest BCUT2D eigenvalue weighted by Gasteiger charge is -2.26. The van der Waals surface area contributed by atoms with E-state index in [9.17, 15) is 4.79 Å². The van der Waals surface area contributed by atoms with Crippen LogP contribution >= 0.6 is 0 Å². The predicted molar refractivity (Wildman–Crippen MR) is 89.8 cm³/mol. The monoisotopic (exact) mass is 325 g/mol. The number of morpholine rings is 1. The number of aliphatic imine (C=N–C) groups is 1. The average molecular weight is 325 g/mol. The van der Waals surface area contributed by atoms with Crippen LogP contribution in [0.5, 0.6) is 0 Å². The Balaban J connectivity index is 1.52. The number of nitrogens with zero attached hydrogens (tertiary/aromatic N) is 5. The molecule has 124 valence electrons. The maximum absolute atomic E-state index is 12.0. The Hall–Kier alpha value is -2.38. The normalized spacial score (nSPS) is 17.9. The van der Waals surface area contributed by atoms with Crippen molar-refractivity contribution in [3.63, 3.8) is 0 Å². The molecule has 7 nitrogen and oxygen atoms in total. The van der Waals surface area contributed by atoms with Gasteiger partial charge in [0, 0.05) is 55.8 Å². The zero-order chi connectivity index (χ0) is 16.4. The Morgan fingerprint density at radius 3 is 2.96 bits per heavy atom. The number of hydrogen-bond acceptors (Lipinski definition) is 6. The third-order valence-corrected chi connectivity index (χ3v) is 4.38. The minimum Gasteiger partial charge on any atom is -0.379 e. The Bertz CT molecular complexity index is 777. The first-order valence-electron chi connectivity index (χ1n) is 8.19. The summed E-state index contributed by atoms with van der Waals surface area (Å²) in [5, 5.41) is 4.43. The van der Waals surface area contributed by atoms with Gasteiger partial charge in [-0.1, -0.05) is 0 Å². The zero-order valence-corrected chi connectivity index (χ0v) is 13.4. The van der Waals surface area contributed by atoms with Gasteiger partial charge in [-0.15, -0.1) is 0 Å². The second-order valence-corrected chi connectivity index (χ2v) is 5.94. The minimum atomic E-state index is 0.0864. The number of ether oxygens (including phenoxy) is 1. The number of pyridine rings is 1. The summed E-state index contributed by atoms with van der Waals surface area (Å²) in [6.07, 6.45) is 7.43. The molecular weight excluding hydrogens is 306 g/mol. The number of ketones is 1. The molecule has 0 unspecified atom stereocenters. The van der Waals surface area contributed by atoms with Crippen LogP contribution in [0.1, 0.15) is 16.8 Å². The zero-order valence-electron chi connectivity index (χ0n) is 13.4. The van der Waals surface area contributed by atoms with E-state index in [1.807, 2.05) is 10.9 Å². The lowest BCUT2D eigenvalue weighted by atomic mass is 10.0. The van der Waals surface area contributed by atoms with Gasteiger partial charge in [-0.05, 0) is 6.07 Å². The van der Waals surface area contributed by atoms with E-state index in [-0.39, 0.29) is 5.78 Å². The smallest absolute Gasteiger partial charge is 0.170 e. The molecule has 0 amide bonds. The van der Waals surface area contributed by atoms with Crippen LogP contribution in [0.15, 0.2) is 29.6 Å². The molecule has 0 radical (unpaired) electrons. The highest BCUT2D eigenvalue weighted by Crippen LogP contribution is 2.33. The number of aromatic nitrogens is 3. The first-order valence-corrected chi connectivity index (χ1v) is 8.19. The molecule has 1 fully saturated rings. The predicted octanol–water partition coefficient (Wildman–Crippen LogP) is 1.57. The maximum atomic E-state index is 12.0. The summed E-state index contributed by atoms with van der Waals surface area (Å²) in [7, 11) is 0. The number of rotatable bonds is 4. The van der Waals surface area contributed by atoms with Gasteiger partial charge in [-0.25, -0.2) is 0 Å². The number of fused-ring (bicyclic) bond motifs is 1. The number of carbonyl (C=O) groups excluding carboxylic acids is 1. The fourth-order valence-corrected chi connectivity index (χ4v) is 3.03. The van der Waals surface area contributed by atoms with E-state index in [0.717, 1.165) is 50.7 Å². The first-order chi connectivity index (χ1) is 11.8. The molecule has 0 aromatic carbocycles. The summed E-state index contributed by atoms with van der Waals surface area (Å²) in [6, 6.07) is 1.74. The second-order valence-electron chi connectivity index (χ2n) is 5.94. The van der Waals surface area contributed by atoms with Gasteiger partial charge in [-0.2, -0.15) is 5.10 Å². The quantitative estimate of drug-likeness (QED) is 0.853. The molecule has 2 aliphatic rings. The van der Waals surface area contributed by atoms with Gasteiger partial charge in [-0.3, -0.25) is 24.4 Å². The second kappa shape index (κ2) is 6.62. The summed E-state index contributed by atoms with van der Waals surface area (Å²) >= 11 is 0. The molecule has 4 rings (SSSR count). The van der Waals surface area contributed by atoms with Crippen LogP contribution in [0.2, 0.25) is 0 Å². The lowest BCUT2D eigenvalue weighted by molar-refractivity contribution is 0.0360. The Morgan fingerprint density at radius 1 is 1.21 bits per heavy atom. The van der Waals surface area contributed by atoms with Crippen LogP contribution < -0.4 is 0 Å². The average Bonchev–Trinajstić information content (AvgIpc) is 3.10. The van der Waals surface area contributed by atoms with E-state index in [1.165, 1.54) is 0 Å². The van der Waals surface area contributed by atoms with Gasteiger partial charge in [0.05, 0.1) is 37.3 Å². The fraction of sp³-hybridized carbons (Fsp3) is 0.412. The molecule has 0 saturated carbocycles. The minimum absolute atomic E-state index is 0.0864. The molecule has 0 atom stereocenters. The van der Waals surface area contributed by atoms with Crippen LogP contribution in [0, 0.1) is 0 Å². The van der Waals surface area contributed by atoms with Crippen molar-refractivity contribution in [2.24, 2.45) is 4.99 Å². The van der Waals surface area contributed by atoms with Crippen molar-refractivity contribution >= 4 is 17.7 Å². The van der Waals surface area contributed by atoms with Crippen molar-refractivity contribution in [3.05, 3.63) is 30.2 Å². The van der Waals surface area contributed by atoms with E-state index in [2.05, 4.69) is 20.0 Å². The highest BCUT2D eigenvalue weighted by Gasteiger charge is 2.20. The van der Waals surface area contributed by atoms with E-state index in [4.69, 9.17) is 4.74 Å². The van der Waals surface area contributed by atoms with Crippen LogP contribution in [0.3, 0.4) is 0 Å². The van der Waals surface area contributed by atoms with Gasteiger partial charge in [0.1, 0.15) is 0 Å². The van der Waals surface area contributed by atoms with Gasteiger partial charge in [0.15, 0.2) is 5.78 Å². The summed E-state index contributed by atoms with van der Waals surface area (Å²) in [5.74, 6) is 0.0864. The Kier molecular flexibility index (Phi) is 4.18. The van der Waals surface area contributed by atoms with Crippen molar-refractivity contribution in [1.82, 2.24) is 19.7 Å². The summed E-state index contributed by atoms with van der Waals surface area (Å²) in [6.45, 7) is 5.31. The molecule has 2 aliphatic heterocycles.